The molecule has 1 aromatic heterocycles. The lowest BCUT2D eigenvalue weighted by molar-refractivity contribution is -0.119. The molecule has 0 radical (unpaired) electrons. The molecule has 0 aliphatic heterocycles. The molecule has 1 atom stereocenters. The minimum absolute atomic E-state index is 0.0607. The zero-order valence-electron chi connectivity index (χ0n) is 15.8. The predicted octanol–water partition coefficient (Wildman–Crippen LogP) is 3.49. The molecule has 0 spiro atoms. The molecule has 1 saturated carbocycles. The first-order chi connectivity index (χ1) is 13.4. The highest BCUT2D eigenvalue weighted by atomic mass is 35.5. The van der Waals surface area contributed by atoms with E-state index in [1.807, 2.05) is 0 Å². The number of urea groups is 1. The molecule has 9 heteroatoms. The Hall–Kier alpha value is -2.06. The zero-order chi connectivity index (χ0) is 20.3. The van der Waals surface area contributed by atoms with Crippen LogP contribution in [0.2, 0.25) is 5.02 Å². The lowest BCUT2D eigenvalue weighted by Crippen LogP contribution is -2.41. The number of amides is 3. The van der Waals surface area contributed by atoms with Crippen molar-refractivity contribution >= 4 is 46.2 Å². The topological polar surface area (TPSA) is 93.1 Å². The summed E-state index contributed by atoms with van der Waals surface area (Å²) >= 11 is 7.25. The molecule has 0 saturated heterocycles. The molecular weight excluding hydrogens is 400 g/mol. The Kier molecular flexibility index (Phi) is 6.61. The number of carbonyl (C=O) groups is 2. The molecule has 28 heavy (non-hydrogen) atoms. The van der Waals surface area contributed by atoms with Crippen LogP contribution in [0.4, 0.5) is 4.79 Å². The van der Waals surface area contributed by atoms with Crippen molar-refractivity contribution in [3.8, 4) is 0 Å². The number of nitrogens with one attached hydrogen (secondary N) is 2. The van der Waals surface area contributed by atoms with Gasteiger partial charge in [-0.15, -0.1) is 0 Å². The molecule has 1 fully saturated rings. The van der Waals surface area contributed by atoms with Gasteiger partial charge in [-0.05, 0) is 38.0 Å². The molecule has 150 valence electrons. The number of halogens is 1. The highest BCUT2D eigenvalue weighted by Gasteiger charge is 2.25. The highest BCUT2D eigenvalue weighted by Crippen LogP contribution is 2.32. The molecule has 1 aliphatic carbocycles. The third-order valence-corrected chi connectivity index (χ3v) is 6.19. The standard InChI is InChI=1S/C19H23ClN4O3S/c1-11(16(25)23-18(27)21-2)28-19-22-15-10-12(20)8-9-14(15)17(26)24(19)13-6-4-3-5-7-13/h8-11,13H,3-7H2,1-2H3,(H2,21,23,25,27). The summed E-state index contributed by atoms with van der Waals surface area (Å²) < 4.78 is 1.73. The maximum Gasteiger partial charge on any atom is 0.321 e. The number of fused-ring (bicyclic) bond motifs is 1. The van der Waals surface area contributed by atoms with Crippen LogP contribution in [0.1, 0.15) is 45.1 Å². The van der Waals surface area contributed by atoms with Crippen LogP contribution in [0.15, 0.2) is 28.2 Å². The van der Waals surface area contributed by atoms with Gasteiger partial charge in [0, 0.05) is 18.1 Å². The SMILES string of the molecule is CNC(=O)NC(=O)C(C)Sc1nc2cc(Cl)ccc2c(=O)n1C1CCCCC1. The summed E-state index contributed by atoms with van der Waals surface area (Å²) in [7, 11) is 1.44. The Bertz CT molecular complexity index is 956. The molecule has 7 nitrogen and oxygen atoms in total. The number of aromatic nitrogens is 2. The average molecular weight is 423 g/mol. The molecule has 1 heterocycles. The van der Waals surface area contributed by atoms with Crippen LogP contribution in [0.25, 0.3) is 10.9 Å². The summed E-state index contributed by atoms with van der Waals surface area (Å²) in [6, 6.07) is 4.53. The third kappa shape index (κ3) is 4.50. The van der Waals surface area contributed by atoms with Crippen molar-refractivity contribution in [2.24, 2.45) is 0 Å². The van der Waals surface area contributed by atoms with Gasteiger partial charge < -0.3 is 5.32 Å². The van der Waals surface area contributed by atoms with E-state index in [1.54, 1.807) is 29.7 Å². The van der Waals surface area contributed by atoms with Crippen molar-refractivity contribution in [2.45, 2.75) is 55.5 Å². The molecule has 1 aliphatic rings. The molecule has 0 bridgehead atoms. The molecule has 3 rings (SSSR count). The Morgan fingerprint density at radius 1 is 1.29 bits per heavy atom. The second kappa shape index (κ2) is 8.96. The molecule has 2 N–H and O–H groups in total. The number of nitrogens with zero attached hydrogens (tertiary/aromatic N) is 2. The molecule has 3 amide bonds. The normalized spacial score (nSPS) is 16.0. The van der Waals surface area contributed by atoms with E-state index in [-0.39, 0.29) is 11.6 Å². The Morgan fingerprint density at radius 2 is 2.00 bits per heavy atom. The van der Waals surface area contributed by atoms with Gasteiger partial charge in [-0.25, -0.2) is 9.78 Å². The van der Waals surface area contributed by atoms with E-state index < -0.39 is 17.2 Å². The number of imide groups is 1. The van der Waals surface area contributed by atoms with Gasteiger partial charge in [0.2, 0.25) is 5.91 Å². The van der Waals surface area contributed by atoms with Crippen molar-refractivity contribution in [3.05, 3.63) is 33.6 Å². The second-order valence-electron chi connectivity index (χ2n) is 6.85. The van der Waals surface area contributed by atoms with Crippen molar-refractivity contribution in [3.63, 3.8) is 0 Å². The summed E-state index contributed by atoms with van der Waals surface area (Å²) in [5.74, 6) is -0.444. The fraction of sp³-hybridized carbons (Fsp3) is 0.474. The van der Waals surface area contributed by atoms with Crippen LogP contribution in [0.3, 0.4) is 0 Å². The summed E-state index contributed by atoms with van der Waals surface area (Å²) in [6.07, 6.45) is 5.11. The molecule has 1 unspecified atom stereocenters. The Labute approximate surface area is 172 Å². The smallest absolute Gasteiger partial charge is 0.321 e. The van der Waals surface area contributed by atoms with Gasteiger partial charge in [0.25, 0.3) is 5.56 Å². The second-order valence-corrected chi connectivity index (χ2v) is 8.60. The van der Waals surface area contributed by atoms with E-state index in [0.717, 1.165) is 32.1 Å². The number of hydrogen-bond donors (Lipinski definition) is 2. The molecular formula is C19H23ClN4O3S. The van der Waals surface area contributed by atoms with Crippen molar-refractivity contribution in [2.75, 3.05) is 7.05 Å². The zero-order valence-corrected chi connectivity index (χ0v) is 17.4. The lowest BCUT2D eigenvalue weighted by Gasteiger charge is -2.26. The number of benzene rings is 1. The van der Waals surface area contributed by atoms with Crippen LogP contribution in [0, 0.1) is 0 Å². The van der Waals surface area contributed by atoms with Crippen LogP contribution < -0.4 is 16.2 Å². The number of rotatable bonds is 4. The van der Waals surface area contributed by atoms with Crippen LogP contribution in [0.5, 0.6) is 0 Å². The van der Waals surface area contributed by atoms with Crippen LogP contribution in [-0.2, 0) is 4.79 Å². The quantitative estimate of drug-likeness (QED) is 0.581. The van der Waals surface area contributed by atoms with E-state index in [4.69, 9.17) is 11.6 Å². The maximum absolute atomic E-state index is 13.2. The predicted molar refractivity (Wildman–Crippen MR) is 111 cm³/mol. The van der Waals surface area contributed by atoms with Gasteiger partial charge in [-0.3, -0.25) is 19.5 Å². The van der Waals surface area contributed by atoms with Gasteiger partial charge in [-0.2, -0.15) is 0 Å². The lowest BCUT2D eigenvalue weighted by atomic mass is 9.95. The van der Waals surface area contributed by atoms with Gasteiger partial charge in [0.05, 0.1) is 16.2 Å². The van der Waals surface area contributed by atoms with Crippen LogP contribution in [-0.4, -0.2) is 33.8 Å². The van der Waals surface area contributed by atoms with Gasteiger partial charge >= 0.3 is 6.03 Å². The fourth-order valence-electron chi connectivity index (χ4n) is 3.38. The first-order valence-electron chi connectivity index (χ1n) is 9.31. The van der Waals surface area contributed by atoms with Crippen molar-refractivity contribution in [1.29, 1.82) is 0 Å². The highest BCUT2D eigenvalue weighted by molar-refractivity contribution is 8.00. The number of thioether (sulfide) groups is 1. The van der Waals surface area contributed by atoms with Gasteiger partial charge in [0.1, 0.15) is 0 Å². The Morgan fingerprint density at radius 3 is 2.68 bits per heavy atom. The summed E-state index contributed by atoms with van der Waals surface area (Å²) in [4.78, 5) is 41.6. The number of hydrogen-bond acceptors (Lipinski definition) is 5. The largest absolute Gasteiger partial charge is 0.341 e. The molecule has 1 aromatic carbocycles. The Balaban J connectivity index is 2.02. The van der Waals surface area contributed by atoms with E-state index >= 15 is 0 Å². The van der Waals surface area contributed by atoms with Gasteiger partial charge in [-0.1, -0.05) is 42.6 Å². The van der Waals surface area contributed by atoms with Crippen molar-refractivity contribution in [1.82, 2.24) is 20.2 Å². The van der Waals surface area contributed by atoms with Gasteiger partial charge in [0.15, 0.2) is 5.16 Å². The summed E-state index contributed by atoms with van der Waals surface area (Å²) in [6.45, 7) is 1.68. The van der Waals surface area contributed by atoms with E-state index in [9.17, 15) is 14.4 Å². The first-order valence-corrected chi connectivity index (χ1v) is 10.6. The number of carbonyl (C=O) groups excluding carboxylic acids is 2. The summed E-state index contributed by atoms with van der Waals surface area (Å²) in [5, 5.41) is 5.50. The van der Waals surface area contributed by atoms with E-state index in [2.05, 4.69) is 15.6 Å². The summed E-state index contributed by atoms with van der Waals surface area (Å²) in [5.41, 5.74) is 0.390. The minimum atomic E-state index is -0.601. The average Bonchev–Trinajstić information content (AvgIpc) is 2.68. The first kappa shape index (κ1) is 20.7. The minimum Gasteiger partial charge on any atom is -0.341 e. The van der Waals surface area contributed by atoms with Crippen molar-refractivity contribution < 1.29 is 9.59 Å². The fourth-order valence-corrected chi connectivity index (χ4v) is 4.53. The van der Waals surface area contributed by atoms with Crippen LogP contribution >= 0.6 is 23.4 Å². The monoisotopic (exact) mass is 422 g/mol. The van der Waals surface area contributed by atoms with E-state index in [0.29, 0.717) is 21.1 Å². The van der Waals surface area contributed by atoms with E-state index in [1.165, 1.54) is 18.8 Å². The third-order valence-electron chi connectivity index (χ3n) is 4.89. The maximum atomic E-state index is 13.2. The molecule has 2 aromatic rings.